The van der Waals surface area contributed by atoms with Gasteiger partial charge in [-0.25, -0.2) is 4.99 Å². The van der Waals surface area contributed by atoms with Crippen LogP contribution in [0.2, 0.25) is 0 Å². The van der Waals surface area contributed by atoms with Crippen LogP contribution in [-0.2, 0) is 9.59 Å². The molecular weight excluding hydrogens is 502 g/mol. The number of aliphatic imine (C=N–C) groups is 2. The standard InChI is InChI=1S/C31H41N7O2/c1-33-29(32)27-26(21-10-12-23(13-11-21)31(40)38-19-6-7-20-38)28(37(5)30(27)34-2)22-14-16-24(17-15-22)35-25(39)9-8-18-36(3)4/h8-10,14-17,23H,1,6-7,11-13,18-20,32H2,2-5H3,(H,35,39)/b9-8+,29-27-,34-30+/t23-/m1/s1. The number of anilines is 1. The Morgan fingerprint density at radius 1 is 1.20 bits per heavy atom. The van der Waals surface area contributed by atoms with Crippen molar-refractivity contribution < 1.29 is 9.59 Å². The van der Waals surface area contributed by atoms with E-state index in [1.165, 1.54) is 0 Å². The van der Waals surface area contributed by atoms with Gasteiger partial charge in [0.1, 0.15) is 11.7 Å². The first kappa shape index (κ1) is 29.0. The maximum atomic E-state index is 13.0. The summed E-state index contributed by atoms with van der Waals surface area (Å²) in [5, 5.41) is 2.92. The van der Waals surface area contributed by atoms with Crippen LogP contribution in [0.15, 0.2) is 75.0 Å². The number of carbonyl (C=O) groups is 2. The number of likely N-dealkylation sites (tertiary alicyclic amines) is 1. The molecule has 1 fully saturated rings. The molecule has 4 rings (SSSR count). The van der Waals surface area contributed by atoms with Gasteiger partial charge in [-0.2, -0.15) is 0 Å². The van der Waals surface area contributed by atoms with Crippen molar-refractivity contribution in [3.63, 3.8) is 0 Å². The number of carbonyl (C=O) groups excluding carboxylic acids is 2. The number of hydrogen-bond acceptors (Lipinski definition) is 6. The highest BCUT2D eigenvalue weighted by Crippen LogP contribution is 2.44. The minimum absolute atomic E-state index is 0.0151. The highest BCUT2D eigenvalue weighted by molar-refractivity contribution is 6.15. The van der Waals surface area contributed by atoms with Crippen molar-refractivity contribution >= 4 is 35.8 Å². The first-order chi connectivity index (χ1) is 19.2. The summed E-state index contributed by atoms with van der Waals surface area (Å²) >= 11 is 0. The molecule has 0 unspecified atom stereocenters. The van der Waals surface area contributed by atoms with Crippen LogP contribution in [0.3, 0.4) is 0 Å². The molecule has 3 aliphatic rings. The Hall–Kier alpha value is -3.98. The predicted molar refractivity (Wildman–Crippen MR) is 163 cm³/mol. The van der Waals surface area contributed by atoms with Crippen molar-refractivity contribution in [1.82, 2.24) is 14.7 Å². The molecule has 1 aromatic carbocycles. The average Bonchev–Trinajstić information content (AvgIpc) is 3.59. The first-order valence-electron chi connectivity index (χ1n) is 13.9. The van der Waals surface area contributed by atoms with Gasteiger partial charge < -0.3 is 25.8 Å². The number of benzene rings is 1. The number of nitrogens with one attached hydrogen (secondary N) is 1. The molecule has 1 aliphatic carbocycles. The Kier molecular flexibility index (Phi) is 9.37. The molecule has 40 heavy (non-hydrogen) atoms. The molecule has 0 aromatic heterocycles. The Labute approximate surface area is 237 Å². The van der Waals surface area contributed by atoms with E-state index < -0.39 is 0 Å². The van der Waals surface area contributed by atoms with E-state index in [0.717, 1.165) is 72.6 Å². The van der Waals surface area contributed by atoms with Gasteiger partial charge in [-0.1, -0.05) is 24.3 Å². The molecule has 0 saturated carbocycles. The van der Waals surface area contributed by atoms with Crippen LogP contribution in [0, 0.1) is 5.92 Å². The molecule has 2 amide bonds. The van der Waals surface area contributed by atoms with Crippen LogP contribution in [-0.4, -0.2) is 86.9 Å². The number of likely N-dealkylation sites (N-methyl/N-ethyl adjacent to an activating group) is 2. The van der Waals surface area contributed by atoms with Crippen LogP contribution in [0.5, 0.6) is 0 Å². The third-order valence-corrected chi connectivity index (χ3v) is 7.67. The maximum absolute atomic E-state index is 13.0. The van der Waals surface area contributed by atoms with Crippen molar-refractivity contribution in [2.24, 2.45) is 21.6 Å². The van der Waals surface area contributed by atoms with Gasteiger partial charge in [0.25, 0.3) is 0 Å². The van der Waals surface area contributed by atoms with Gasteiger partial charge in [-0.15, -0.1) is 0 Å². The summed E-state index contributed by atoms with van der Waals surface area (Å²) in [6.07, 6.45) is 10.0. The summed E-state index contributed by atoms with van der Waals surface area (Å²) in [5.74, 6) is 1.16. The molecular formula is C31H41N7O2. The van der Waals surface area contributed by atoms with Crippen molar-refractivity contribution in [2.45, 2.75) is 32.1 Å². The lowest BCUT2D eigenvalue weighted by atomic mass is 9.83. The van der Waals surface area contributed by atoms with Crippen LogP contribution >= 0.6 is 0 Å². The molecule has 2 aliphatic heterocycles. The molecule has 3 N–H and O–H groups in total. The second-order valence-corrected chi connectivity index (χ2v) is 10.7. The molecule has 0 radical (unpaired) electrons. The number of amides is 2. The fourth-order valence-electron chi connectivity index (χ4n) is 5.65. The zero-order valence-electron chi connectivity index (χ0n) is 24.1. The smallest absolute Gasteiger partial charge is 0.248 e. The van der Waals surface area contributed by atoms with Gasteiger partial charge in [0.15, 0.2) is 0 Å². The minimum Gasteiger partial charge on any atom is -0.383 e. The third kappa shape index (κ3) is 6.25. The van der Waals surface area contributed by atoms with E-state index in [9.17, 15) is 9.59 Å². The van der Waals surface area contributed by atoms with Crippen LogP contribution in [0.1, 0.15) is 37.7 Å². The molecule has 2 heterocycles. The molecule has 9 nitrogen and oxygen atoms in total. The van der Waals surface area contributed by atoms with Crippen LogP contribution in [0.4, 0.5) is 5.69 Å². The largest absolute Gasteiger partial charge is 0.383 e. The number of nitrogens with two attached hydrogens (primary N) is 1. The van der Waals surface area contributed by atoms with E-state index >= 15 is 0 Å². The maximum Gasteiger partial charge on any atom is 0.248 e. The second-order valence-electron chi connectivity index (χ2n) is 10.7. The molecule has 1 saturated heterocycles. The molecule has 0 spiro atoms. The van der Waals surface area contributed by atoms with Gasteiger partial charge in [-0.05, 0) is 76.2 Å². The van der Waals surface area contributed by atoms with Gasteiger partial charge in [0.2, 0.25) is 11.8 Å². The second kappa shape index (κ2) is 12.9. The summed E-state index contributed by atoms with van der Waals surface area (Å²) in [6, 6.07) is 7.76. The predicted octanol–water partition coefficient (Wildman–Crippen LogP) is 3.65. The average molecular weight is 544 g/mol. The van der Waals surface area contributed by atoms with Crippen LogP contribution in [0.25, 0.3) is 5.70 Å². The van der Waals surface area contributed by atoms with Gasteiger partial charge in [0, 0.05) is 57.0 Å². The lowest BCUT2D eigenvalue weighted by molar-refractivity contribution is -0.134. The molecule has 1 aromatic rings. The van der Waals surface area contributed by atoms with E-state index in [4.69, 9.17) is 5.73 Å². The molecule has 0 bridgehead atoms. The minimum atomic E-state index is -0.173. The third-order valence-electron chi connectivity index (χ3n) is 7.67. The molecule has 9 heteroatoms. The monoisotopic (exact) mass is 543 g/mol. The Balaban J connectivity index is 1.66. The zero-order chi connectivity index (χ0) is 28.8. The van der Waals surface area contributed by atoms with Crippen molar-refractivity contribution in [3.05, 3.63) is 70.6 Å². The number of hydrogen-bond donors (Lipinski definition) is 2. The Bertz CT molecular complexity index is 1300. The molecule has 1 atom stereocenters. The first-order valence-corrected chi connectivity index (χ1v) is 13.9. The number of rotatable bonds is 8. The SMILES string of the molecule is C=N/C(N)=C1/C(C2=CC[C@@H](C(=O)N3CCCC3)CC2)=C(c2ccc(NC(=O)/C=C/CN(C)C)cc2)N(C)/C1=N/C. The number of nitrogens with zero attached hydrogens (tertiary/aromatic N) is 5. The zero-order valence-corrected chi connectivity index (χ0v) is 24.1. The lowest BCUT2D eigenvalue weighted by Crippen LogP contribution is -2.34. The quantitative estimate of drug-likeness (QED) is 0.385. The summed E-state index contributed by atoms with van der Waals surface area (Å²) in [5.41, 5.74) is 11.9. The van der Waals surface area contributed by atoms with Crippen molar-refractivity contribution in [2.75, 3.05) is 53.1 Å². The van der Waals surface area contributed by atoms with Crippen LogP contribution < -0.4 is 11.1 Å². The summed E-state index contributed by atoms with van der Waals surface area (Å²) in [7, 11) is 7.61. The highest BCUT2D eigenvalue weighted by Gasteiger charge is 2.37. The van der Waals surface area contributed by atoms with Gasteiger partial charge in [0.05, 0.1) is 11.3 Å². The van der Waals surface area contributed by atoms with Crippen molar-refractivity contribution in [1.29, 1.82) is 0 Å². The topological polar surface area (TPSA) is 107 Å². The van der Waals surface area contributed by atoms with Gasteiger partial charge in [-0.3, -0.25) is 14.6 Å². The van der Waals surface area contributed by atoms with E-state index in [1.807, 2.05) is 66.2 Å². The fourth-order valence-corrected chi connectivity index (χ4v) is 5.65. The number of allylic oxidation sites excluding steroid dienone is 2. The number of amidine groups is 1. The Morgan fingerprint density at radius 3 is 2.48 bits per heavy atom. The van der Waals surface area contributed by atoms with Gasteiger partial charge >= 0.3 is 0 Å². The summed E-state index contributed by atoms with van der Waals surface area (Å²) < 4.78 is 0. The van der Waals surface area contributed by atoms with Crippen molar-refractivity contribution in [3.8, 4) is 0 Å². The van der Waals surface area contributed by atoms with E-state index in [1.54, 1.807) is 13.1 Å². The van der Waals surface area contributed by atoms with E-state index in [-0.39, 0.29) is 17.7 Å². The lowest BCUT2D eigenvalue weighted by Gasteiger charge is -2.27. The summed E-state index contributed by atoms with van der Waals surface area (Å²) in [6.45, 7) is 6.12. The fraction of sp³-hybridized carbons (Fsp3) is 0.419. The highest BCUT2D eigenvalue weighted by atomic mass is 16.2. The Morgan fingerprint density at radius 2 is 1.90 bits per heavy atom. The molecule has 212 valence electrons. The summed E-state index contributed by atoms with van der Waals surface area (Å²) in [4.78, 5) is 40.0. The van der Waals surface area contributed by atoms with E-state index in [2.05, 4.69) is 28.1 Å². The normalized spacial score (nSPS) is 22.0. The van der Waals surface area contributed by atoms with E-state index in [0.29, 0.717) is 24.5 Å².